The number of furan rings is 1. The molecule has 1 atom stereocenters. The van der Waals surface area contributed by atoms with Crippen molar-refractivity contribution in [3.8, 4) is 0 Å². The van der Waals surface area contributed by atoms with Crippen molar-refractivity contribution in [2.75, 3.05) is 13.1 Å². The molecule has 1 saturated heterocycles. The molecule has 2 N–H and O–H groups in total. The van der Waals surface area contributed by atoms with Gasteiger partial charge in [-0.15, -0.1) is 0 Å². The third-order valence-corrected chi connectivity index (χ3v) is 3.27. The number of amides is 1. The summed E-state index contributed by atoms with van der Waals surface area (Å²) in [4.78, 5) is 13.3. The van der Waals surface area contributed by atoms with Crippen molar-refractivity contribution >= 4 is 5.91 Å². The summed E-state index contributed by atoms with van der Waals surface area (Å²) in [6.45, 7) is 0.207. The quantitative estimate of drug-likeness (QED) is 0.900. The van der Waals surface area contributed by atoms with E-state index in [-0.39, 0.29) is 25.1 Å². The first-order valence-electron chi connectivity index (χ1n) is 6.05. The maximum Gasteiger partial charge on any atom is 0.393 e. The van der Waals surface area contributed by atoms with Gasteiger partial charge in [-0.25, -0.2) is 0 Å². The summed E-state index contributed by atoms with van der Waals surface area (Å²) in [5.74, 6) is -1.43. The van der Waals surface area contributed by atoms with Gasteiger partial charge in [0.25, 0.3) is 5.91 Å². The summed E-state index contributed by atoms with van der Waals surface area (Å²) in [5.41, 5.74) is 5.61. The molecule has 1 aromatic heterocycles. The van der Waals surface area contributed by atoms with Crippen molar-refractivity contribution < 1.29 is 22.4 Å². The summed E-state index contributed by atoms with van der Waals surface area (Å²) < 4.78 is 43.0. The number of piperidine rings is 1. The van der Waals surface area contributed by atoms with Crippen molar-refractivity contribution in [2.45, 2.75) is 25.6 Å². The maximum absolute atomic E-state index is 12.7. The number of halogens is 3. The van der Waals surface area contributed by atoms with Crippen molar-refractivity contribution in [1.29, 1.82) is 0 Å². The van der Waals surface area contributed by atoms with Crippen LogP contribution in [-0.2, 0) is 6.54 Å². The van der Waals surface area contributed by atoms with Gasteiger partial charge in [0.1, 0.15) is 12.0 Å². The molecule has 0 aromatic carbocycles. The van der Waals surface area contributed by atoms with Crippen LogP contribution in [0.3, 0.4) is 0 Å². The predicted molar refractivity (Wildman–Crippen MR) is 61.3 cm³/mol. The monoisotopic (exact) mass is 276 g/mol. The van der Waals surface area contributed by atoms with Crippen LogP contribution >= 0.6 is 0 Å². The first-order chi connectivity index (χ1) is 8.91. The lowest BCUT2D eigenvalue weighted by atomic mass is 9.97. The van der Waals surface area contributed by atoms with E-state index < -0.39 is 18.0 Å². The van der Waals surface area contributed by atoms with Crippen LogP contribution in [0, 0.1) is 5.92 Å². The van der Waals surface area contributed by atoms with Gasteiger partial charge < -0.3 is 15.1 Å². The molecule has 4 nitrogen and oxygen atoms in total. The zero-order chi connectivity index (χ0) is 14.0. The molecule has 1 aliphatic rings. The molecule has 1 aromatic rings. The summed E-state index contributed by atoms with van der Waals surface area (Å²) in [5, 5.41) is 0. The van der Waals surface area contributed by atoms with Gasteiger partial charge in [0, 0.05) is 13.1 Å². The lowest BCUT2D eigenvalue weighted by Crippen LogP contribution is -2.44. The van der Waals surface area contributed by atoms with Crippen LogP contribution < -0.4 is 5.73 Å². The Kier molecular flexibility index (Phi) is 3.84. The molecule has 2 rings (SSSR count). The standard InChI is InChI=1S/C12H15F3N2O2/c13-12(14,15)9-2-1-3-17(6-9)11(18)8-4-10(5-16)19-7-8/h4,7,9H,1-3,5-6,16H2. The fourth-order valence-corrected chi connectivity index (χ4v) is 2.21. The summed E-state index contributed by atoms with van der Waals surface area (Å²) in [7, 11) is 0. The van der Waals surface area contributed by atoms with E-state index in [9.17, 15) is 18.0 Å². The highest BCUT2D eigenvalue weighted by atomic mass is 19.4. The number of nitrogens with two attached hydrogens (primary N) is 1. The Morgan fingerprint density at radius 3 is 2.84 bits per heavy atom. The predicted octanol–water partition coefficient (Wildman–Crippen LogP) is 2.15. The van der Waals surface area contributed by atoms with Crippen molar-refractivity contribution in [3.05, 3.63) is 23.7 Å². The van der Waals surface area contributed by atoms with Crippen LogP contribution in [0.15, 0.2) is 16.7 Å². The molecular formula is C12H15F3N2O2. The molecule has 1 aliphatic heterocycles. The molecule has 0 spiro atoms. The van der Waals surface area contributed by atoms with E-state index >= 15 is 0 Å². The Balaban J connectivity index is 2.07. The summed E-state index contributed by atoms with van der Waals surface area (Å²) in [6.07, 6.45) is -2.58. The van der Waals surface area contributed by atoms with E-state index in [4.69, 9.17) is 10.2 Å². The highest BCUT2D eigenvalue weighted by molar-refractivity contribution is 5.94. The minimum absolute atomic E-state index is 0.0761. The van der Waals surface area contributed by atoms with Crippen LogP contribution in [0.1, 0.15) is 29.0 Å². The van der Waals surface area contributed by atoms with Gasteiger partial charge in [-0.2, -0.15) is 13.2 Å². The number of hydrogen-bond acceptors (Lipinski definition) is 3. The van der Waals surface area contributed by atoms with Gasteiger partial charge >= 0.3 is 6.18 Å². The van der Waals surface area contributed by atoms with Gasteiger partial charge in [0.2, 0.25) is 0 Å². The lowest BCUT2D eigenvalue weighted by molar-refractivity contribution is -0.184. The topological polar surface area (TPSA) is 59.5 Å². The first kappa shape index (κ1) is 13.9. The zero-order valence-electron chi connectivity index (χ0n) is 10.2. The molecule has 7 heteroatoms. The van der Waals surface area contributed by atoms with E-state index in [0.29, 0.717) is 18.7 Å². The van der Waals surface area contributed by atoms with Gasteiger partial charge in [-0.3, -0.25) is 4.79 Å². The molecule has 19 heavy (non-hydrogen) atoms. The highest BCUT2D eigenvalue weighted by Crippen LogP contribution is 2.33. The number of carbonyl (C=O) groups is 1. The van der Waals surface area contributed by atoms with Crippen LogP contribution in [-0.4, -0.2) is 30.1 Å². The number of hydrogen-bond donors (Lipinski definition) is 1. The third kappa shape index (κ3) is 3.09. The van der Waals surface area contributed by atoms with Crippen LogP contribution in [0.4, 0.5) is 13.2 Å². The van der Waals surface area contributed by atoms with Crippen molar-refractivity contribution in [2.24, 2.45) is 11.7 Å². The number of alkyl halides is 3. The Morgan fingerprint density at radius 2 is 2.26 bits per heavy atom. The van der Waals surface area contributed by atoms with E-state index in [0.717, 1.165) is 0 Å². The molecular weight excluding hydrogens is 261 g/mol. The Morgan fingerprint density at radius 1 is 1.53 bits per heavy atom. The average Bonchev–Trinajstić information content (AvgIpc) is 2.86. The van der Waals surface area contributed by atoms with Crippen LogP contribution in [0.2, 0.25) is 0 Å². The first-order valence-corrected chi connectivity index (χ1v) is 6.05. The molecule has 2 heterocycles. The zero-order valence-corrected chi connectivity index (χ0v) is 10.2. The SMILES string of the molecule is NCc1cc(C(=O)N2CCCC(C(F)(F)F)C2)co1. The molecule has 106 valence electrons. The Labute approximate surface area is 108 Å². The number of likely N-dealkylation sites (tertiary alicyclic amines) is 1. The van der Waals surface area contributed by atoms with E-state index in [2.05, 4.69) is 0 Å². The maximum atomic E-state index is 12.7. The smallest absolute Gasteiger partial charge is 0.393 e. The summed E-state index contributed by atoms with van der Waals surface area (Å²) in [6, 6.07) is 1.47. The molecule has 0 bridgehead atoms. The number of nitrogens with zero attached hydrogens (tertiary/aromatic N) is 1. The minimum atomic E-state index is -4.25. The van der Waals surface area contributed by atoms with Crippen LogP contribution in [0.5, 0.6) is 0 Å². The number of rotatable bonds is 2. The van der Waals surface area contributed by atoms with E-state index in [1.54, 1.807) is 0 Å². The van der Waals surface area contributed by atoms with Crippen LogP contribution in [0.25, 0.3) is 0 Å². The van der Waals surface area contributed by atoms with E-state index in [1.807, 2.05) is 0 Å². The molecule has 1 unspecified atom stereocenters. The molecule has 1 fully saturated rings. The fraction of sp³-hybridized carbons (Fsp3) is 0.583. The van der Waals surface area contributed by atoms with Gasteiger partial charge in [0.05, 0.1) is 18.0 Å². The van der Waals surface area contributed by atoms with E-state index in [1.165, 1.54) is 17.2 Å². The van der Waals surface area contributed by atoms with Gasteiger partial charge in [0.15, 0.2) is 0 Å². The number of carbonyl (C=O) groups excluding carboxylic acids is 1. The normalized spacial score (nSPS) is 20.6. The van der Waals surface area contributed by atoms with Crippen molar-refractivity contribution in [1.82, 2.24) is 4.90 Å². The molecule has 0 radical (unpaired) electrons. The second kappa shape index (κ2) is 5.24. The molecule has 0 saturated carbocycles. The fourth-order valence-electron chi connectivity index (χ4n) is 2.21. The largest absolute Gasteiger partial charge is 0.467 e. The third-order valence-electron chi connectivity index (χ3n) is 3.27. The minimum Gasteiger partial charge on any atom is -0.467 e. The molecule has 0 aliphatic carbocycles. The Bertz CT molecular complexity index is 456. The second-order valence-corrected chi connectivity index (χ2v) is 4.64. The van der Waals surface area contributed by atoms with Gasteiger partial charge in [-0.05, 0) is 18.9 Å². The summed E-state index contributed by atoms with van der Waals surface area (Å²) >= 11 is 0. The lowest BCUT2D eigenvalue weighted by Gasteiger charge is -2.33. The Hall–Kier alpha value is -1.50. The van der Waals surface area contributed by atoms with Gasteiger partial charge in [-0.1, -0.05) is 0 Å². The second-order valence-electron chi connectivity index (χ2n) is 4.64. The highest BCUT2D eigenvalue weighted by Gasteiger charge is 2.42. The molecule has 1 amide bonds. The van der Waals surface area contributed by atoms with Crippen molar-refractivity contribution in [3.63, 3.8) is 0 Å². The average molecular weight is 276 g/mol.